The molecule has 1 unspecified atom stereocenters. The van der Waals surface area contributed by atoms with Crippen molar-refractivity contribution >= 4 is 15.9 Å². The van der Waals surface area contributed by atoms with Gasteiger partial charge in [-0.15, -0.1) is 0 Å². The minimum absolute atomic E-state index is 0.145. The summed E-state index contributed by atoms with van der Waals surface area (Å²) in [5.41, 5.74) is 0. The van der Waals surface area contributed by atoms with Crippen LogP contribution in [0.15, 0.2) is 22.7 Å². The zero-order valence-electron chi connectivity index (χ0n) is 10.6. The first-order chi connectivity index (χ1) is 8.17. The molecule has 0 bridgehead atoms. The fourth-order valence-electron chi connectivity index (χ4n) is 1.44. The van der Waals surface area contributed by atoms with Crippen molar-refractivity contribution in [3.05, 3.63) is 22.7 Å². The van der Waals surface area contributed by atoms with Crippen LogP contribution in [0, 0.1) is 0 Å². The van der Waals surface area contributed by atoms with Crippen molar-refractivity contribution in [1.29, 1.82) is 0 Å². The van der Waals surface area contributed by atoms with Gasteiger partial charge in [0.2, 0.25) is 0 Å². The van der Waals surface area contributed by atoms with E-state index in [1.807, 2.05) is 18.2 Å². The first-order valence-electron chi connectivity index (χ1n) is 5.88. The van der Waals surface area contributed by atoms with Gasteiger partial charge in [-0.3, -0.25) is 0 Å². The first kappa shape index (κ1) is 14.3. The Morgan fingerprint density at radius 3 is 2.76 bits per heavy atom. The second kappa shape index (κ2) is 7.56. The van der Waals surface area contributed by atoms with Crippen molar-refractivity contribution in [2.75, 3.05) is 20.2 Å². The van der Waals surface area contributed by atoms with Crippen molar-refractivity contribution < 1.29 is 9.47 Å². The van der Waals surface area contributed by atoms with Crippen LogP contribution in [-0.2, 0) is 0 Å². The quantitative estimate of drug-likeness (QED) is 0.785. The molecule has 0 spiro atoms. The minimum Gasteiger partial charge on any atom is -0.497 e. The van der Waals surface area contributed by atoms with E-state index < -0.39 is 0 Å². The maximum absolute atomic E-state index is 5.83. The minimum atomic E-state index is 0.145. The molecule has 1 aromatic carbocycles. The molecule has 1 atom stereocenters. The van der Waals surface area contributed by atoms with E-state index in [4.69, 9.17) is 9.47 Å². The number of rotatable bonds is 7. The number of benzene rings is 1. The summed E-state index contributed by atoms with van der Waals surface area (Å²) in [6.45, 7) is 6.09. The van der Waals surface area contributed by atoms with Crippen LogP contribution in [0.25, 0.3) is 0 Å². The number of halogens is 1. The Morgan fingerprint density at radius 1 is 1.41 bits per heavy atom. The highest BCUT2D eigenvalue weighted by Gasteiger charge is 2.07. The zero-order chi connectivity index (χ0) is 12.7. The van der Waals surface area contributed by atoms with E-state index in [1.54, 1.807) is 7.11 Å². The Labute approximate surface area is 112 Å². The summed E-state index contributed by atoms with van der Waals surface area (Å²) in [5, 5.41) is 3.33. The number of ether oxygens (including phenoxy) is 2. The SMILES string of the molecule is CCCNCC(C)Oc1ccc(OC)cc1Br. The average Bonchev–Trinajstić information content (AvgIpc) is 2.32. The smallest absolute Gasteiger partial charge is 0.134 e. The van der Waals surface area contributed by atoms with E-state index in [2.05, 4.69) is 35.1 Å². The van der Waals surface area contributed by atoms with Crippen LogP contribution in [0.2, 0.25) is 0 Å². The molecule has 1 aromatic rings. The van der Waals surface area contributed by atoms with Crippen molar-refractivity contribution in [3.63, 3.8) is 0 Å². The molecule has 1 rings (SSSR count). The molecule has 4 heteroatoms. The van der Waals surface area contributed by atoms with Gasteiger partial charge in [0.25, 0.3) is 0 Å². The monoisotopic (exact) mass is 301 g/mol. The largest absolute Gasteiger partial charge is 0.497 e. The van der Waals surface area contributed by atoms with Crippen molar-refractivity contribution in [3.8, 4) is 11.5 Å². The summed E-state index contributed by atoms with van der Waals surface area (Å²) in [6, 6.07) is 5.72. The molecule has 0 fully saturated rings. The molecule has 0 saturated heterocycles. The van der Waals surface area contributed by atoms with Gasteiger partial charge in [0.15, 0.2) is 0 Å². The van der Waals surface area contributed by atoms with Gasteiger partial charge in [-0.1, -0.05) is 6.92 Å². The van der Waals surface area contributed by atoms with E-state index in [0.29, 0.717) is 0 Å². The molecular weight excluding hydrogens is 282 g/mol. The zero-order valence-corrected chi connectivity index (χ0v) is 12.2. The predicted octanol–water partition coefficient (Wildman–Crippen LogP) is 3.22. The van der Waals surface area contributed by atoms with Gasteiger partial charge in [0.05, 0.1) is 11.6 Å². The third-order valence-corrected chi connectivity index (χ3v) is 2.95. The predicted molar refractivity (Wildman–Crippen MR) is 73.9 cm³/mol. The lowest BCUT2D eigenvalue weighted by Crippen LogP contribution is -2.29. The molecule has 17 heavy (non-hydrogen) atoms. The van der Waals surface area contributed by atoms with Crippen molar-refractivity contribution in [2.45, 2.75) is 26.4 Å². The molecule has 1 N–H and O–H groups in total. The number of hydrogen-bond acceptors (Lipinski definition) is 3. The molecular formula is C13H20BrNO2. The van der Waals surface area contributed by atoms with E-state index in [0.717, 1.165) is 35.5 Å². The summed E-state index contributed by atoms with van der Waals surface area (Å²) in [5.74, 6) is 1.66. The molecule has 96 valence electrons. The van der Waals surface area contributed by atoms with Crippen LogP contribution in [0.4, 0.5) is 0 Å². The van der Waals surface area contributed by atoms with Crippen LogP contribution in [-0.4, -0.2) is 26.3 Å². The lowest BCUT2D eigenvalue weighted by molar-refractivity contribution is 0.216. The Kier molecular flexibility index (Phi) is 6.37. The van der Waals surface area contributed by atoms with Crippen LogP contribution >= 0.6 is 15.9 Å². The summed E-state index contributed by atoms with van der Waals surface area (Å²) in [4.78, 5) is 0. The fourth-order valence-corrected chi connectivity index (χ4v) is 1.90. The van der Waals surface area contributed by atoms with Crippen LogP contribution < -0.4 is 14.8 Å². The molecule has 0 aliphatic rings. The Morgan fingerprint density at radius 2 is 2.18 bits per heavy atom. The maximum atomic E-state index is 5.83. The second-order valence-electron chi connectivity index (χ2n) is 3.93. The van der Waals surface area contributed by atoms with Gasteiger partial charge in [0, 0.05) is 6.54 Å². The Balaban J connectivity index is 2.50. The molecule has 0 saturated carbocycles. The van der Waals surface area contributed by atoms with Gasteiger partial charge in [-0.05, 0) is 54.0 Å². The normalized spacial score (nSPS) is 12.2. The molecule has 0 aliphatic carbocycles. The van der Waals surface area contributed by atoms with E-state index in [9.17, 15) is 0 Å². The Hall–Kier alpha value is -0.740. The van der Waals surface area contributed by atoms with Gasteiger partial charge in [-0.25, -0.2) is 0 Å². The van der Waals surface area contributed by atoms with E-state index >= 15 is 0 Å². The fraction of sp³-hybridized carbons (Fsp3) is 0.538. The third kappa shape index (κ3) is 4.96. The lowest BCUT2D eigenvalue weighted by Gasteiger charge is -2.16. The summed E-state index contributed by atoms with van der Waals surface area (Å²) in [7, 11) is 1.65. The van der Waals surface area contributed by atoms with Crippen molar-refractivity contribution in [2.24, 2.45) is 0 Å². The molecule has 0 aromatic heterocycles. The number of hydrogen-bond donors (Lipinski definition) is 1. The summed E-state index contributed by atoms with van der Waals surface area (Å²) in [6.07, 6.45) is 1.28. The number of nitrogens with one attached hydrogen (secondary N) is 1. The van der Waals surface area contributed by atoms with E-state index in [1.165, 1.54) is 0 Å². The van der Waals surface area contributed by atoms with Crippen LogP contribution in [0.1, 0.15) is 20.3 Å². The average molecular weight is 302 g/mol. The molecule has 0 amide bonds. The van der Waals surface area contributed by atoms with Gasteiger partial charge in [-0.2, -0.15) is 0 Å². The van der Waals surface area contributed by atoms with Gasteiger partial charge in [0.1, 0.15) is 17.6 Å². The standard InChI is InChI=1S/C13H20BrNO2/c1-4-7-15-9-10(2)17-13-6-5-11(16-3)8-12(13)14/h5-6,8,10,15H,4,7,9H2,1-3H3. The summed E-state index contributed by atoms with van der Waals surface area (Å²) >= 11 is 3.47. The van der Waals surface area contributed by atoms with Gasteiger partial charge >= 0.3 is 0 Å². The highest BCUT2D eigenvalue weighted by molar-refractivity contribution is 9.10. The molecule has 0 aliphatic heterocycles. The molecule has 0 radical (unpaired) electrons. The maximum Gasteiger partial charge on any atom is 0.134 e. The highest BCUT2D eigenvalue weighted by atomic mass is 79.9. The molecule has 0 heterocycles. The van der Waals surface area contributed by atoms with E-state index in [-0.39, 0.29) is 6.10 Å². The summed E-state index contributed by atoms with van der Waals surface area (Å²) < 4.78 is 11.9. The highest BCUT2D eigenvalue weighted by Crippen LogP contribution is 2.29. The second-order valence-corrected chi connectivity index (χ2v) is 4.78. The number of methoxy groups -OCH3 is 1. The molecule has 3 nitrogen and oxygen atoms in total. The topological polar surface area (TPSA) is 30.5 Å². The van der Waals surface area contributed by atoms with Crippen LogP contribution in [0.3, 0.4) is 0 Å². The lowest BCUT2D eigenvalue weighted by atomic mass is 10.3. The van der Waals surface area contributed by atoms with Gasteiger partial charge < -0.3 is 14.8 Å². The van der Waals surface area contributed by atoms with Crippen LogP contribution in [0.5, 0.6) is 11.5 Å². The Bertz CT molecular complexity index is 344. The first-order valence-corrected chi connectivity index (χ1v) is 6.67. The van der Waals surface area contributed by atoms with Crippen molar-refractivity contribution in [1.82, 2.24) is 5.32 Å². The third-order valence-electron chi connectivity index (χ3n) is 2.33.